The van der Waals surface area contributed by atoms with Gasteiger partial charge in [0.1, 0.15) is 0 Å². The maximum Gasteiger partial charge on any atom is 0.162 e. The van der Waals surface area contributed by atoms with E-state index in [0.29, 0.717) is 13.2 Å². The van der Waals surface area contributed by atoms with E-state index in [0.717, 1.165) is 29.1 Å². The Bertz CT molecular complexity index is 410. The molecule has 0 saturated heterocycles. The zero-order chi connectivity index (χ0) is 15.5. The van der Waals surface area contributed by atoms with Crippen LogP contribution in [0.3, 0.4) is 0 Å². The van der Waals surface area contributed by atoms with Crippen molar-refractivity contribution >= 4 is 15.9 Å². The minimum absolute atomic E-state index is 0.640. The second-order valence-corrected chi connectivity index (χ2v) is 5.85. The quantitative estimate of drug-likeness (QED) is 0.570. The van der Waals surface area contributed by atoms with E-state index >= 15 is 0 Å². The maximum atomic E-state index is 5.67. The van der Waals surface area contributed by atoms with E-state index < -0.39 is 0 Å². The number of unbranched alkanes of at least 4 members (excludes halogenated alkanes) is 3. The number of hydrogen-bond acceptors (Lipinski definition) is 3. The predicted octanol–water partition coefficient (Wildman–Crippen LogP) is 4.92. The van der Waals surface area contributed by atoms with Gasteiger partial charge in [0.05, 0.1) is 13.2 Å². The molecule has 0 aliphatic rings. The molecule has 0 atom stereocenters. The molecule has 0 aliphatic carbocycles. The van der Waals surface area contributed by atoms with Gasteiger partial charge in [-0.05, 0) is 44.5 Å². The second-order valence-electron chi connectivity index (χ2n) is 4.99. The minimum Gasteiger partial charge on any atom is -0.490 e. The third kappa shape index (κ3) is 6.70. The Labute approximate surface area is 137 Å². The second kappa shape index (κ2) is 10.9. The Morgan fingerprint density at radius 3 is 2.24 bits per heavy atom. The molecular weight excluding hydrogens is 330 g/mol. The highest BCUT2D eigenvalue weighted by Gasteiger charge is 2.10. The van der Waals surface area contributed by atoms with Crippen molar-refractivity contribution in [2.24, 2.45) is 0 Å². The summed E-state index contributed by atoms with van der Waals surface area (Å²) in [5.74, 6) is 1.63. The van der Waals surface area contributed by atoms with Crippen molar-refractivity contribution in [3.05, 3.63) is 22.2 Å². The number of rotatable bonds is 11. The van der Waals surface area contributed by atoms with Crippen LogP contribution in [0.2, 0.25) is 0 Å². The summed E-state index contributed by atoms with van der Waals surface area (Å²) in [6, 6.07) is 4.07. The fourth-order valence-corrected chi connectivity index (χ4v) is 2.61. The van der Waals surface area contributed by atoms with Gasteiger partial charge in [-0.2, -0.15) is 0 Å². The van der Waals surface area contributed by atoms with Crippen LogP contribution in [-0.4, -0.2) is 19.8 Å². The molecule has 4 heteroatoms. The summed E-state index contributed by atoms with van der Waals surface area (Å²) in [6.45, 7) is 9.40. The van der Waals surface area contributed by atoms with E-state index in [9.17, 15) is 0 Å². The lowest BCUT2D eigenvalue weighted by molar-refractivity contribution is 0.287. The largest absolute Gasteiger partial charge is 0.490 e. The summed E-state index contributed by atoms with van der Waals surface area (Å²) in [6.07, 6.45) is 5.14. The van der Waals surface area contributed by atoms with Crippen molar-refractivity contribution in [2.45, 2.75) is 53.0 Å². The van der Waals surface area contributed by atoms with Gasteiger partial charge in [0.15, 0.2) is 11.5 Å². The minimum atomic E-state index is 0.640. The molecule has 1 aromatic rings. The zero-order valence-corrected chi connectivity index (χ0v) is 15.1. The molecule has 0 spiro atoms. The summed E-state index contributed by atoms with van der Waals surface area (Å²) in [4.78, 5) is 0. The number of halogens is 1. The number of ether oxygens (including phenoxy) is 2. The van der Waals surface area contributed by atoms with Gasteiger partial charge in [0.2, 0.25) is 0 Å². The van der Waals surface area contributed by atoms with Crippen molar-refractivity contribution in [3.8, 4) is 11.5 Å². The summed E-state index contributed by atoms with van der Waals surface area (Å²) < 4.78 is 12.4. The van der Waals surface area contributed by atoms with Crippen molar-refractivity contribution in [1.82, 2.24) is 5.32 Å². The molecule has 3 nitrogen and oxygen atoms in total. The molecular formula is C17H28BrNO2. The molecule has 0 aliphatic heterocycles. The van der Waals surface area contributed by atoms with Gasteiger partial charge in [-0.3, -0.25) is 0 Å². The molecule has 0 fully saturated rings. The molecule has 0 aromatic heterocycles. The standard InChI is InChI=1S/C17H28BrNO2/c1-4-7-8-9-10-19-13-14-11-16(20-5-2)17(21-6-3)12-15(14)18/h11-12,19H,4-10,13H2,1-3H3. The first-order valence-corrected chi connectivity index (χ1v) is 8.80. The highest BCUT2D eigenvalue weighted by Crippen LogP contribution is 2.33. The van der Waals surface area contributed by atoms with E-state index in [2.05, 4.69) is 34.2 Å². The van der Waals surface area contributed by atoms with Crippen LogP contribution in [0.4, 0.5) is 0 Å². The Morgan fingerprint density at radius 1 is 0.952 bits per heavy atom. The lowest BCUT2D eigenvalue weighted by Gasteiger charge is -2.14. The van der Waals surface area contributed by atoms with Crippen molar-refractivity contribution in [2.75, 3.05) is 19.8 Å². The average Bonchev–Trinajstić information content (AvgIpc) is 2.47. The fourth-order valence-electron chi connectivity index (χ4n) is 2.15. The number of benzene rings is 1. The van der Waals surface area contributed by atoms with E-state index in [1.165, 1.54) is 31.2 Å². The average molecular weight is 358 g/mol. The normalized spacial score (nSPS) is 10.7. The molecule has 1 aromatic carbocycles. The summed E-state index contributed by atoms with van der Waals surface area (Å²) in [5, 5.41) is 3.50. The molecule has 0 radical (unpaired) electrons. The SMILES string of the molecule is CCCCCCNCc1cc(OCC)c(OCC)cc1Br. The van der Waals surface area contributed by atoms with Gasteiger partial charge in [-0.15, -0.1) is 0 Å². The lowest BCUT2D eigenvalue weighted by Crippen LogP contribution is -2.15. The van der Waals surface area contributed by atoms with Gasteiger partial charge < -0.3 is 14.8 Å². The molecule has 0 heterocycles. The summed E-state index contributed by atoms with van der Waals surface area (Å²) in [5.41, 5.74) is 1.21. The van der Waals surface area contributed by atoms with E-state index in [-0.39, 0.29) is 0 Å². The fraction of sp³-hybridized carbons (Fsp3) is 0.647. The number of hydrogen-bond donors (Lipinski definition) is 1. The Morgan fingerprint density at radius 2 is 1.62 bits per heavy atom. The number of nitrogens with one attached hydrogen (secondary N) is 1. The van der Waals surface area contributed by atoms with Crippen LogP contribution in [0, 0.1) is 0 Å². The molecule has 120 valence electrons. The first-order valence-electron chi connectivity index (χ1n) is 8.01. The van der Waals surface area contributed by atoms with Crippen LogP contribution in [-0.2, 0) is 6.54 Å². The third-order valence-electron chi connectivity index (χ3n) is 3.23. The highest BCUT2D eigenvalue weighted by atomic mass is 79.9. The monoisotopic (exact) mass is 357 g/mol. The maximum absolute atomic E-state index is 5.67. The van der Waals surface area contributed by atoms with Crippen LogP contribution >= 0.6 is 15.9 Å². The molecule has 0 unspecified atom stereocenters. The summed E-state index contributed by atoms with van der Waals surface area (Å²) in [7, 11) is 0. The van der Waals surface area contributed by atoms with Crippen LogP contribution in [0.5, 0.6) is 11.5 Å². The topological polar surface area (TPSA) is 30.5 Å². The third-order valence-corrected chi connectivity index (χ3v) is 3.97. The first kappa shape index (κ1) is 18.3. The highest BCUT2D eigenvalue weighted by molar-refractivity contribution is 9.10. The van der Waals surface area contributed by atoms with Gasteiger partial charge in [0.25, 0.3) is 0 Å². The smallest absolute Gasteiger partial charge is 0.162 e. The predicted molar refractivity (Wildman–Crippen MR) is 92.3 cm³/mol. The van der Waals surface area contributed by atoms with Crippen LogP contribution in [0.1, 0.15) is 52.0 Å². The Hall–Kier alpha value is -0.740. The first-order chi connectivity index (χ1) is 10.2. The molecule has 0 saturated carbocycles. The molecule has 1 rings (SSSR count). The van der Waals surface area contributed by atoms with E-state index in [4.69, 9.17) is 9.47 Å². The molecule has 0 amide bonds. The van der Waals surface area contributed by atoms with Crippen molar-refractivity contribution < 1.29 is 9.47 Å². The Balaban J connectivity index is 2.58. The van der Waals surface area contributed by atoms with Crippen LogP contribution < -0.4 is 14.8 Å². The lowest BCUT2D eigenvalue weighted by atomic mass is 10.2. The summed E-state index contributed by atoms with van der Waals surface area (Å²) >= 11 is 3.62. The van der Waals surface area contributed by atoms with Crippen molar-refractivity contribution in [1.29, 1.82) is 0 Å². The molecule has 21 heavy (non-hydrogen) atoms. The van der Waals surface area contributed by atoms with Gasteiger partial charge in [0, 0.05) is 11.0 Å². The van der Waals surface area contributed by atoms with Gasteiger partial charge in [-0.1, -0.05) is 42.1 Å². The Kier molecular flexibility index (Phi) is 9.51. The molecule has 1 N–H and O–H groups in total. The van der Waals surface area contributed by atoms with Crippen LogP contribution in [0.25, 0.3) is 0 Å². The van der Waals surface area contributed by atoms with Crippen molar-refractivity contribution in [3.63, 3.8) is 0 Å². The van der Waals surface area contributed by atoms with E-state index in [1.807, 2.05) is 19.9 Å². The van der Waals surface area contributed by atoms with Gasteiger partial charge >= 0.3 is 0 Å². The van der Waals surface area contributed by atoms with E-state index in [1.54, 1.807) is 0 Å². The zero-order valence-electron chi connectivity index (χ0n) is 13.5. The molecule has 0 bridgehead atoms. The van der Waals surface area contributed by atoms with Crippen LogP contribution in [0.15, 0.2) is 16.6 Å². The van der Waals surface area contributed by atoms with Gasteiger partial charge in [-0.25, -0.2) is 0 Å².